The number of rotatable bonds is 7. The third-order valence-corrected chi connectivity index (χ3v) is 4.17. The highest BCUT2D eigenvalue weighted by Gasteiger charge is 2.05. The molecule has 3 rings (SSSR count). The van der Waals surface area contributed by atoms with Crippen molar-refractivity contribution in [2.24, 2.45) is 4.99 Å². The zero-order valence-corrected chi connectivity index (χ0v) is 18.1. The van der Waals surface area contributed by atoms with E-state index in [1.165, 1.54) is 17.2 Å². The molecule has 1 heterocycles. The zero-order chi connectivity index (χ0) is 18.9. The predicted octanol–water partition coefficient (Wildman–Crippen LogP) is 3.94. The molecule has 0 spiro atoms. The first-order valence-corrected chi connectivity index (χ1v) is 9.06. The summed E-state index contributed by atoms with van der Waals surface area (Å²) in [7, 11) is 0. The maximum atomic E-state index is 13.8. The summed E-state index contributed by atoms with van der Waals surface area (Å²) in [6, 6.07) is 16.9. The molecule has 0 atom stereocenters. The minimum Gasteiger partial charge on any atom is -0.357 e. The first-order valence-electron chi connectivity index (χ1n) is 9.06. The summed E-state index contributed by atoms with van der Waals surface area (Å²) in [4.78, 5) is 4.50. The third-order valence-electron chi connectivity index (χ3n) is 4.17. The molecule has 5 nitrogen and oxygen atoms in total. The molecule has 28 heavy (non-hydrogen) atoms. The second kappa shape index (κ2) is 11.4. The van der Waals surface area contributed by atoms with Gasteiger partial charge >= 0.3 is 0 Å². The van der Waals surface area contributed by atoms with E-state index in [0.717, 1.165) is 6.54 Å². The van der Waals surface area contributed by atoms with E-state index in [4.69, 9.17) is 0 Å². The fraction of sp³-hybridized carbons (Fsp3) is 0.238. The maximum Gasteiger partial charge on any atom is 0.191 e. The van der Waals surface area contributed by atoms with Crippen molar-refractivity contribution in [3.05, 3.63) is 89.5 Å². The molecule has 1 aromatic heterocycles. The SMILES string of the molecule is CCNC(=NCc1ccccc1F)NCc1ccccc1Cn1cccn1.I. The number of benzene rings is 2. The highest BCUT2D eigenvalue weighted by atomic mass is 127. The van der Waals surface area contributed by atoms with Crippen LogP contribution in [-0.4, -0.2) is 22.3 Å². The van der Waals surface area contributed by atoms with Gasteiger partial charge in [-0.2, -0.15) is 5.10 Å². The molecule has 0 radical (unpaired) electrons. The Kier molecular flexibility index (Phi) is 8.93. The van der Waals surface area contributed by atoms with Crippen molar-refractivity contribution in [2.45, 2.75) is 26.6 Å². The number of hydrogen-bond donors (Lipinski definition) is 2. The Balaban J connectivity index is 0.00000280. The Labute approximate surface area is 182 Å². The quantitative estimate of drug-likeness (QED) is 0.298. The van der Waals surface area contributed by atoms with Gasteiger partial charge in [-0.05, 0) is 30.2 Å². The monoisotopic (exact) mass is 493 g/mol. The van der Waals surface area contributed by atoms with Crippen LogP contribution in [0.5, 0.6) is 0 Å². The molecule has 2 N–H and O–H groups in total. The second-order valence-corrected chi connectivity index (χ2v) is 6.11. The van der Waals surface area contributed by atoms with Gasteiger partial charge in [0.15, 0.2) is 5.96 Å². The lowest BCUT2D eigenvalue weighted by Crippen LogP contribution is -2.37. The third kappa shape index (κ3) is 6.33. The molecule has 148 valence electrons. The Morgan fingerprint density at radius 1 is 1.00 bits per heavy atom. The molecule has 0 amide bonds. The van der Waals surface area contributed by atoms with Gasteiger partial charge in [0.05, 0.1) is 13.1 Å². The number of nitrogens with zero attached hydrogens (tertiary/aromatic N) is 3. The average Bonchev–Trinajstić information content (AvgIpc) is 3.19. The smallest absolute Gasteiger partial charge is 0.191 e. The van der Waals surface area contributed by atoms with E-state index in [1.807, 2.05) is 42.1 Å². The first-order chi connectivity index (χ1) is 13.3. The van der Waals surface area contributed by atoms with Gasteiger partial charge in [-0.1, -0.05) is 42.5 Å². The molecule has 7 heteroatoms. The van der Waals surface area contributed by atoms with Gasteiger partial charge in [-0.25, -0.2) is 9.38 Å². The van der Waals surface area contributed by atoms with Gasteiger partial charge in [-0.15, -0.1) is 24.0 Å². The van der Waals surface area contributed by atoms with Crippen LogP contribution in [0.3, 0.4) is 0 Å². The maximum absolute atomic E-state index is 13.8. The van der Waals surface area contributed by atoms with Crippen molar-refractivity contribution in [3.63, 3.8) is 0 Å². The fourth-order valence-electron chi connectivity index (χ4n) is 2.76. The lowest BCUT2D eigenvalue weighted by molar-refractivity contribution is 0.610. The Morgan fingerprint density at radius 2 is 1.71 bits per heavy atom. The lowest BCUT2D eigenvalue weighted by atomic mass is 10.1. The van der Waals surface area contributed by atoms with Gasteiger partial charge in [0.1, 0.15) is 5.82 Å². The summed E-state index contributed by atoms with van der Waals surface area (Å²) in [6.45, 7) is 4.37. The number of aliphatic imine (C=N–C) groups is 1. The van der Waals surface area contributed by atoms with Crippen molar-refractivity contribution in [1.82, 2.24) is 20.4 Å². The van der Waals surface area contributed by atoms with Crippen molar-refractivity contribution in [2.75, 3.05) is 6.54 Å². The van der Waals surface area contributed by atoms with Crippen LogP contribution in [0.2, 0.25) is 0 Å². The van der Waals surface area contributed by atoms with E-state index >= 15 is 0 Å². The van der Waals surface area contributed by atoms with Crippen molar-refractivity contribution < 1.29 is 4.39 Å². The van der Waals surface area contributed by atoms with Gasteiger partial charge in [0.25, 0.3) is 0 Å². The van der Waals surface area contributed by atoms with E-state index in [-0.39, 0.29) is 36.3 Å². The van der Waals surface area contributed by atoms with Crippen molar-refractivity contribution >= 4 is 29.9 Å². The number of hydrogen-bond acceptors (Lipinski definition) is 2. The largest absolute Gasteiger partial charge is 0.357 e. The molecule has 0 unspecified atom stereocenters. The Morgan fingerprint density at radius 3 is 2.39 bits per heavy atom. The minimum absolute atomic E-state index is 0. The summed E-state index contributed by atoms with van der Waals surface area (Å²) in [5, 5.41) is 10.8. The average molecular weight is 493 g/mol. The van der Waals surface area contributed by atoms with E-state index in [1.54, 1.807) is 18.3 Å². The molecule has 0 bridgehead atoms. The number of guanidine groups is 1. The highest BCUT2D eigenvalue weighted by molar-refractivity contribution is 14.0. The number of halogens is 2. The second-order valence-electron chi connectivity index (χ2n) is 6.11. The molecule has 0 aliphatic heterocycles. The minimum atomic E-state index is -0.235. The molecule has 0 aliphatic carbocycles. The van der Waals surface area contributed by atoms with Crippen LogP contribution >= 0.6 is 24.0 Å². The van der Waals surface area contributed by atoms with Crippen LogP contribution in [0, 0.1) is 5.82 Å². The fourth-order valence-corrected chi connectivity index (χ4v) is 2.76. The molecule has 0 saturated heterocycles. The van der Waals surface area contributed by atoms with Crippen molar-refractivity contribution in [3.8, 4) is 0 Å². The summed E-state index contributed by atoms with van der Waals surface area (Å²) >= 11 is 0. The van der Waals surface area contributed by atoms with Gasteiger partial charge in [0, 0.05) is 31.0 Å². The number of nitrogens with one attached hydrogen (secondary N) is 2. The molecular weight excluding hydrogens is 468 g/mol. The van der Waals surface area contributed by atoms with Gasteiger partial charge < -0.3 is 10.6 Å². The first kappa shape index (κ1) is 21.9. The van der Waals surface area contributed by atoms with E-state index < -0.39 is 0 Å². The molecule has 0 fully saturated rings. The van der Waals surface area contributed by atoms with Crippen LogP contribution < -0.4 is 10.6 Å². The van der Waals surface area contributed by atoms with E-state index in [9.17, 15) is 4.39 Å². The topological polar surface area (TPSA) is 54.2 Å². The summed E-state index contributed by atoms with van der Waals surface area (Å²) in [5.74, 6) is 0.427. The number of aromatic nitrogens is 2. The summed E-state index contributed by atoms with van der Waals surface area (Å²) < 4.78 is 15.7. The van der Waals surface area contributed by atoms with Crippen molar-refractivity contribution in [1.29, 1.82) is 0 Å². The molecule has 3 aromatic rings. The van der Waals surface area contributed by atoms with E-state index in [0.29, 0.717) is 24.6 Å². The summed E-state index contributed by atoms with van der Waals surface area (Å²) in [5.41, 5.74) is 2.94. The van der Waals surface area contributed by atoms with Gasteiger partial charge in [-0.3, -0.25) is 4.68 Å². The van der Waals surface area contributed by atoms with Crippen LogP contribution in [0.1, 0.15) is 23.6 Å². The Bertz CT molecular complexity index is 880. The zero-order valence-electron chi connectivity index (χ0n) is 15.8. The molecule has 0 saturated carbocycles. The Hall–Kier alpha value is -2.42. The van der Waals surface area contributed by atoms with E-state index in [2.05, 4.69) is 32.9 Å². The van der Waals surface area contributed by atoms with Gasteiger partial charge in [0.2, 0.25) is 0 Å². The van der Waals surface area contributed by atoms with Crippen LogP contribution in [-0.2, 0) is 19.6 Å². The lowest BCUT2D eigenvalue weighted by Gasteiger charge is -2.14. The molecule has 0 aliphatic rings. The summed E-state index contributed by atoms with van der Waals surface area (Å²) in [6.07, 6.45) is 3.73. The standard InChI is InChI=1S/C21H24FN5.HI/c1-2-23-21(25-15-18-9-5-6-11-20(18)22)24-14-17-8-3-4-10-19(17)16-27-13-7-12-26-27;/h3-13H,2,14-16H2,1H3,(H2,23,24,25);1H. The highest BCUT2D eigenvalue weighted by Crippen LogP contribution is 2.11. The van der Waals surface area contributed by atoms with Crippen LogP contribution in [0.15, 0.2) is 72.0 Å². The molecular formula is C21H25FIN5. The normalized spacial score (nSPS) is 11.0. The predicted molar refractivity (Wildman–Crippen MR) is 121 cm³/mol. The van der Waals surface area contributed by atoms with Crippen LogP contribution in [0.4, 0.5) is 4.39 Å². The van der Waals surface area contributed by atoms with Crippen LogP contribution in [0.25, 0.3) is 0 Å². The molecule has 2 aromatic carbocycles.